The topological polar surface area (TPSA) is 40.2 Å². The SMILES string of the molecule is Fc1cnc(N2CCC2)c(CNC(=S)Nc2cccc(Cl)c2Cl)c1. The summed E-state index contributed by atoms with van der Waals surface area (Å²) in [5.41, 5.74) is 1.37. The van der Waals surface area contributed by atoms with Crippen molar-refractivity contribution in [2.24, 2.45) is 0 Å². The minimum Gasteiger partial charge on any atom is -0.358 e. The lowest BCUT2D eigenvalue weighted by Gasteiger charge is -2.33. The van der Waals surface area contributed by atoms with Crippen LogP contribution < -0.4 is 15.5 Å². The lowest BCUT2D eigenvalue weighted by Crippen LogP contribution is -2.39. The predicted octanol–water partition coefficient (Wildman–Crippen LogP) is 4.22. The highest BCUT2D eigenvalue weighted by Gasteiger charge is 2.19. The maximum absolute atomic E-state index is 13.5. The van der Waals surface area contributed by atoms with Gasteiger partial charge in [0.25, 0.3) is 0 Å². The first-order valence-electron chi connectivity index (χ1n) is 7.43. The fraction of sp³-hybridized carbons (Fsp3) is 0.250. The van der Waals surface area contributed by atoms with E-state index in [9.17, 15) is 4.39 Å². The predicted molar refractivity (Wildman–Crippen MR) is 101 cm³/mol. The lowest BCUT2D eigenvalue weighted by atomic mass is 10.1. The third-order valence-corrected chi connectivity index (χ3v) is 4.77. The molecule has 126 valence electrons. The number of benzene rings is 1. The second kappa shape index (κ2) is 7.51. The Morgan fingerprint density at radius 3 is 2.83 bits per heavy atom. The van der Waals surface area contributed by atoms with Crippen LogP contribution in [-0.4, -0.2) is 23.2 Å². The second-order valence-corrected chi connectivity index (χ2v) is 6.58. The van der Waals surface area contributed by atoms with Gasteiger partial charge in [-0.1, -0.05) is 29.3 Å². The molecule has 0 unspecified atom stereocenters. The first-order valence-corrected chi connectivity index (χ1v) is 8.59. The van der Waals surface area contributed by atoms with Gasteiger partial charge >= 0.3 is 0 Å². The Hall–Kier alpha value is -1.63. The van der Waals surface area contributed by atoms with Crippen LogP contribution in [0.5, 0.6) is 0 Å². The summed E-state index contributed by atoms with van der Waals surface area (Å²) in [7, 11) is 0. The Labute approximate surface area is 155 Å². The number of aromatic nitrogens is 1. The maximum atomic E-state index is 13.5. The third kappa shape index (κ3) is 3.88. The standard InChI is InChI=1S/C16H15Cl2FN4S/c17-12-3-1-4-13(14(12)18)22-16(24)21-8-10-7-11(19)9-20-15(10)23-5-2-6-23/h1,3-4,7,9H,2,5-6,8H2,(H2,21,22,24). The second-order valence-electron chi connectivity index (χ2n) is 5.39. The fourth-order valence-corrected chi connectivity index (χ4v) is 2.89. The Balaban J connectivity index is 1.66. The van der Waals surface area contributed by atoms with E-state index in [1.165, 1.54) is 12.3 Å². The number of pyridine rings is 1. The summed E-state index contributed by atoms with van der Waals surface area (Å²) in [6, 6.07) is 6.72. The molecule has 24 heavy (non-hydrogen) atoms. The van der Waals surface area contributed by atoms with Gasteiger partial charge in [-0.25, -0.2) is 9.37 Å². The average Bonchev–Trinajstić information content (AvgIpc) is 2.50. The molecule has 3 rings (SSSR count). The van der Waals surface area contributed by atoms with Gasteiger partial charge < -0.3 is 15.5 Å². The van der Waals surface area contributed by atoms with Crippen molar-refractivity contribution in [1.82, 2.24) is 10.3 Å². The van der Waals surface area contributed by atoms with E-state index in [0.717, 1.165) is 30.9 Å². The molecule has 8 heteroatoms. The number of rotatable bonds is 4. The number of nitrogens with one attached hydrogen (secondary N) is 2. The number of anilines is 2. The third-order valence-electron chi connectivity index (χ3n) is 3.70. The molecule has 0 saturated carbocycles. The summed E-state index contributed by atoms with van der Waals surface area (Å²) < 4.78 is 13.5. The van der Waals surface area contributed by atoms with Crippen LogP contribution in [0, 0.1) is 5.82 Å². The molecule has 1 saturated heterocycles. The minimum atomic E-state index is -0.368. The van der Waals surface area contributed by atoms with Gasteiger partial charge in [0.15, 0.2) is 5.11 Å². The lowest BCUT2D eigenvalue weighted by molar-refractivity contribution is 0.591. The first kappa shape index (κ1) is 17.2. The van der Waals surface area contributed by atoms with Crippen molar-refractivity contribution in [2.75, 3.05) is 23.3 Å². The van der Waals surface area contributed by atoms with Gasteiger partial charge in [-0.05, 0) is 36.8 Å². The molecule has 2 heterocycles. The molecule has 0 amide bonds. The largest absolute Gasteiger partial charge is 0.358 e. The molecule has 1 aliphatic heterocycles. The van der Waals surface area contributed by atoms with E-state index in [-0.39, 0.29) is 5.82 Å². The van der Waals surface area contributed by atoms with Crippen LogP contribution in [0.25, 0.3) is 0 Å². The van der Waals surface area contributed by atoms with E-state index >= 15 is 0 Å². The van der Waals surface area contributed by atoms with E-state index < -0.39 is 0 Å². The van der Waals surface area contributed by atoms with Crippen molar-refractivity contribution in [1.29, 1.82) is 0 Å². The van der Waals surface area contributed by atoms with Crippen molar-refractivity contribution in [3.05, 3.63) is 51.9 Å². The van der Waals surface area contributed by atoms with Gasteiger partial charge in [-0.3, -0.25) is 0 Å². The van der Waals surface area contributed by atoms with Crippen molar-refractivity contribution in [3.63, 3.8) is 0 Å². The van der Waals surface area contributed by atoms with Crippen LogP contribution in [0.15, 0.2) is 30.5 Å². The maximum Gasteiger partial charge on any atom is 0.171 e. The van der Waals surface area contributed by atoms with Crippen LogP contribution in [0.2, 0.25) is 10.0 Å². The molecule has 0 bridgehead atoms. The molecule has 0 aliphatic carbocycles. The van der Waals surface area contributed by atoms with Gasteiger partial charge in [0.05, 0.1) is 21.9 Å². The average molecular weight is 385 g/mol. The van der Waals surface area contributed by atoms with Crippen LogP contribution in [0.1, 0.15) is 12.0 Å². The van der Waals surface area contributed by atoms with Crippen LogP contribution in [0.3, 0.4) is 0 Å². The molecule has 1 aromatic carbocycles. The highest BCUT2D eigenvalue weighted by atomic mass is 35.5. The van der Waals surface area contributed by atoms with E-state index in [0.29, 0.717) is 27.4 Å². The summed E-state index contributed by atoms with van der Waals surface area (Å²) in [6.45, 7) is 2.24. The molecule has 1 fully saturated rings. The molecule has 0 atom stereocenters. The smallest absolute Gasteiger partial charge is 0.171 e. The van der Waals surface area contributed by atoms with Crippen molar-refractivity contribution < 1.29 is 4.39 Å². The Morgan fingerprint density at radius 2 is 2.12 bits per heavy atom. The Kier molecular flexibility index (Phi) is 5.38. The van der Waals surface area contributed by atoms with E-state index in [1.807, 2.05) is 0 Å². The van der Waals surface area contributed by atoms with Gasteiger partial charge in [0.1, 0.15) is 11.6 Å². The van der Waals surface area contributed by atoms with E-state index in [1.54, 1.807) is 18.2 Å². The van der Waals surface area contributed by atoms with Crippen LogP contribution in [-0.2, 0) is 6.54 Å². The number of halogens is 3. The van der Waals surface area contributed by atoms with Crippen molar-refractivity contribution >= 4 is 52.0 Å². The monoisotopic (exact) mass is 384 g/mol. The molecule has 0 radical (unpaired) electrons. The summed E-state index contributed by atoms with van der Waals surface area (Å²) in [6.07, 6.45) is 2.36. The van der Waals surface area contributed by atoms with E-state index in [4.69, 9.17) is 35.4 Å². The highest BCUT2D eigenvalue weighted by Crippen LogP contribution is 2.29. The summed E-state index contributed by atoms with van der Waals surface area (Å²) in [5.74, 6) is 0.423. The molecule has 2 N–H and O–H groups in total. The molecule has 1 aromatic heterocycles. The van der Waals surface area contributed by atoms with Gasteiger partial charge in [0, 0.05) is 25.2 Å². The number of thiocarbonyl (C=S) groups is 1. The summed E-state index contributed by atoms with van der Waals surface area (Å²) >= 11 is 17.4. The fourth-order valence-electron chi connectivity index (χ4n) is 2.36. The Morgan fingerprint density at radius 1 is 1.33 bits per heavy atom. The molecule has 4 nitrogen and oxygen atoms in total. The van der Waals surface area contributed by atoms with Gasteiger partial charge in [-0.2, -0.15) is 0 Å². The normalized spacial score (nSPS) is 13.4. The van der Waals surface area contributed by atoms with Crippen LogP contribution in [0.4, 0.5) is 15.9 Å². The zero-order chi connectivity index (χ0) is 17.1. The minimum absolute atomic E-state index is 0.362. The Bertz CT molecular complexity index is 768. The summed E-state index contributed by atoms with van der Waals surface area (Å²) in [4.78, 5) is 6.31. The molecule has 2 aromatic rings. The highest BCUT2D eigenvalue weighted by molar-refractivity contribution is 7.80. The van der Waals surface area contributed by atoms with Crippen molar-refractivity contribution in [3.8, 4) is 0 Å². The number of hydrogen-bond acceptors (Lipinski definition) is 3. The molecular weight excluding hydrogens is 370 g/mol. The summed E-state index contributed by atoms with van der Waals surface area (Å²) in [5, 5.41) is 7.26. The molecule has 1 aliphatic rings. The zero-order valence-electron chi connectivity index (χ0n) is 12.7. The molecular formula is C16H15Cl2FN4S. The zero-order valence-corrected chi connectivity index (χ0v) is 15.0. The van der Waals surface area contributed by atoms with Crippen LogP contribution >= 0.6 is 35.4 Å². The molecule has 0 spiro atoms. The number of nitrogens with zero attached hydrogens (tertiary/aromatic N) is 2. The van der Waals surface area contributed by atoms with E-state index in [2.05, 4.69) is 20.5 Å². The first-order chi connectivity index (χ1) is 11.5. The number of hydrogen-bond donors (Lipinski definition) is 2. The van der Waals surface area contributed by atoms with Gasteiger partial charge in [0.2, 0.25) is 0 Å². The van der Waals surface area contributed by atoms with Gasteiger partial charge in [-0.15, -0.1) is 0 Å². The van der Waals surface area contributed by atoms with Crippen molar-refractivity contribution in [2.45, 2.75) is 13.0 Å². The quantitative estimate of drug-likeness (QED) is 0.772.